The Kier molecular flexibility index (Phi) is 8.35. The van der Waals surface area contributed by atoms with E-state index in [-0.39, 0.29) is 30.2 Å². The van der Waals surface area contributed by atoms with Gasteiger partial charge in [-0.25, -0.2) is 4.79 Å². The molecular weight excluding hydrogens is 333 g/mol. The lowest BCUT2D eigenvalue weighted by molar-refractivity contribution is -0.186. The van der Waals surface area contributed by atoms with E-state index in [2.05, 4.69) is 6.58 Å². The summed E-state index contributed by atoms with van der Waals surface area (Å²) in [6.07, 6.45) is 4.53. The Morgan fingerprint density at radius 2 is 1.69 bits per heavy atom. The third-order valence-electron chi connectivity index (χ3n) is 4.96. The lowest BCUT2D eigenvalue weighted by atomic mass is 9.82. The van der Waals surface area contributed by atoms with E-state index in [0.717, 1.165) is 24.2 Å². The first kappa shape index (κ1) is 22.7. The number of carbonyl (C=O) groups excluding carboxylic acids is 2. The Labute approximate surface area is 158 Å². The quantitative estimate of drug-likeness (QED) is 0.497. The molecule has 2 rings (SSSR count). The Hall–Kier alpha value is -1.34. The summed E-state index contributed by atoms with van der Waals surface area (Å²) in [6, 6.07) is 0. The van der Waals surface area contributed by atoms with Crippen molar-refractivity contribution in [1.82, 2.24) is 5.06 Å². The first-order chi connectivity index (χ1) is 12.1. The lowest BCUT2D eigenvalue weighted by Gasteiger charge is -2.32. The molecule has 0 atom stereocenters. The van der Waals surface area contributed by atoms with Crippen molar-refractivity contribution in [2.45, 2.75) is 97.6 Å². The van der Waals surface area contributed by atoms with Gasteiger partial charge in [0, 0.05) is 12.8 Å². The van der Waals surface area contributed by atoms with Crippen LogP contribution < -0.4 is 0 Å². The van der Waals surface area contributed by atoms with Gasteiger partial charge >= 0.3 is 13.1 Å². The molecule has 0 radical (unpaired) electrons. The van der Waals surface area contributed by atoms with Gasteiger partial charge in [0.15, 0.2) is 0 Å². The van der Waals surface area contributed by atoms with Gasteiger partial charge in [-0.05, 0) is 46.9 Å². The normalized spacial score (nSPS) is 20.8. The monoisotopic (exact) mass is 367 g/mol. The van der Waals surface area contributed by atoms with Crippen LogP contribution in [0.4, 0.5) is 0 Å². The highest BCUT2D eigenvalue weighted by atomic mass is 16.7. The third kappa shape index (κ3) is 5.84. The van der Waals surface area contributed by atoms with Gasteiger partial charge in [0.25, 0.3) is 5.91 Å². The minimum Gasteiger partial charge on any atom is -0.403 e. The summed E-state index contributed by atoms with van der Waals surface area (Å²) in [5, 5.41) is 1.03. The molecule has 2 heterocycles. The van der Waals surface area contributed by atoms with Crippen molar-refractivity contribution in [3.05, 3.63) is 12.3 Å². The van der Waals surface area contributed by atoms with E-state index in [4.69, 9.17) is 14.1 Å². The Balaban J connectivity index is 0.00000163. The van der Waals surface area contributed by atoms with Crippen LogP contribution in [-0.4, -0.2) is 35.3 Å². The molecule has 0 aromatic carbocycles. The predicted octanol–water partition coefficient (Wildman–Crippen LogP) is 4.26. The van der Waals surface area contributed by atoms with Crippen LogP contribution in [0, 0.1) is 0 Å². The maximum absolute atomic E-state index is 11.8. The fourth-order valence-corrected chi connectivity index (χ4v) is 2.73. The van der Waals surface area contributed by atoms with Crippen molar-refractivity contribution < 1.29 is 23.7 Å². The molecule has 0 bridgehead atoms. The zero-order valence-electron chi connectivity index (χ0n) is 17.2. The maximum Gasteiger partial charge on any atom is 0.457 e. The van der Waals surface area contributed by atoms with Crippen molar-refractivity contribution in [3.63, 3.8) is 0 Å². The molecular formula is C19H34BNO5. The number of hydrogen-bond donors (Lipinski definition) is 0. The number of allylic oxidation sites excluding steroid dienone is 1. The number of hydrogen-bond acceptors (Lipinski definition) is 5. The average molecular weight is 367 g/mol. The van der Waals surface area contributed by atoms with Gasteiger partial charge in [-0.1, -0.05) is 33.3 Å². The van der Waals surface area contributed by atoms with Crippen molar-refractivity contribution in [2.24, 2.45) is 0 Å². The van der Waals surface area contributed by atoms with Crippen LogP contribution in [0.3, 0.4) is 0 Å². The van der Waals surface area contributed by atoms with Crippen LogP contribution in [0.25, 0.3) is 0 Å². The molecule has 0 unspecified atom stereocenters. The first-order valence-corrected chi connectivity index (χ1v) is 9.69. The smallest absolute Gasteiger partial charge is 0.403 e. The summed E-state index contributed by atoms with van der Waals surface area (Å²) in [5.74, 6) is -0.587. The summed E-state index contributed by atoms with van der Waals surface area (Å²) in [4.78, 5) is 28.3. The van der Waals surface area contributed by atoms with E-state index >= 15 is 0 Å². The third-order valence-corrected chi connectivity index (χ3v) is 4.96. The molecule has 0 saturated carbocycles. The number of hydroxylamine groups is 2. The van der Waals surface area contributed by atoms with Crippen LogP contribution in [0.15, 0.2) is 12.3 Å². The fraction of sp³-hybridized carbons (Fsp3) is 0.789. The molecule has 0 aliphatic carbocycles. The molecule has 6 nitrogen and oxygen atoms in total. The molecule has 26 heavy (non-hydrogen) atoms. The molecule has 2 aliphatic heterocycles. The molecule has 148 valence electrons. The second-order valence-electron chi connectivity index (χ2n) is 7.50. The number of amides is 1. The highest BCUT2D eigenvalue weighted by Gasteiger charge is 2.50. The summed E-state index contributed by atoms with van der Waals surface area (Å²) in [6.45, 7) is 15.9. The average Bonchev–Trinajstić information content (AvgIpc) is 2.97. The van der Waals surface area contributed by atoms with E-state index < -0.39 is 0 Å². The Morgan fingerprint density at radius 3 is 2.19 bits per heavy atom. The molecule has 2 fully saturated rings. The molecule has 0 aromatic heterocycles. The second kappa shape index (κ2) is 9.56. The van der Waals surface area contributed by atoms with E-state index in [9.17, 15) is 9.59 Å². The second-order valence-corrected chi connectivity index (χ2v) is 7.50. The maximum atomic E-state index is 11.8. The van der Waals surface area contributed by atoms with Crippen LogP contribution in [0.1, 0.15) is 80.1 Å². The van der Waals surface area contributed by atoms with Gasteiger partial charge in [0.2, 0.25) is 0 Å². The van der Waals surface area contributed by atoms with E-state index in [1.807, 2.05) is 41.5 Å². The van der Waals surface area contributed by atoms with E-state index in [1.54, 1.807) is 0 Å². The molecule has 1 amide bonds. The molecule has 0 aromatic rings. The molecule has 2 aliphatic rings. The van der Waals surface area contributed by atoms with Gasteiger partial charge in [-0.2, -0.15) is 0 Å². The standard InChI is InChI=1S/C17H28BNO5.C2H6/c1-13-10-11-14(20)19(13)22-15(21)9-7-6-8-12-18-23-16(2,3)17(4,5)24-18;1-2/h1,6-12H2,2-5H3;1-2H3. The molecule has 0 spiro atoms. The summed E-state index contributed by atoms with van der Waals surface area (Å²) in [7, 11) is -0.188. The summed E-state index contributed by atoms with van der Waals surface area (Å²) < 4.78 is 11.9. The van der Waals surface area contributed by atoms with Crippen LogP contribution in [0.5, 0.6) is 0 Å². The summed E-state index contributed by atoms with van der Waals surface area (Å²) >= 11 is 0. The van der Waals surface area contributed by atoms with Gasteiger partial charge < -0.3 is 14.1 Å². The Bertz CT molecular complexity index is 486. The van der Waals surface area contributed by atoms with Gasteiger partial charge in [-0.3, -0.25) is 4.79 Å². The highest BCUT2D eigenvalue weighted by Crippen LogP contribution is 2.38. The zero-order valence-corrected chi connectivity index (χ0v) is 17.2. The predicted molar refractivity (Wildman–Crippen MR) is 102 cm³/mol. The summed E-state index contributed by atoms with van der Waals surface area (Å²) in [5.41, 5.74) is -0.0488. The van der Waals surface area contributed by atoms with Crippen LogP contribution in [-0.2, 0) is 23.7 Å². The minimum atomic E-state index is -0.387. The van der Waals surface area contributed by atoms with Gasteiger partial charge in [-0.15, -0.1) is 5.06 Å². The largest absolute Gasteiger partial charge is 0.457 e. The van der Waals surface area contributed by atoms with Crippen molar-refractivity contribution in [2.75, 3.05) is 0 Å². The van der Waals surface area contributed by atoms with Crippen LogP contribution in [0.2, 0.25) is 6.32 Å². The zero-order chi connectivity index (χ0) is 20.0. The van der Waals surface area contributed by atoms with Crippen molar-refractivity contribution in [3.8, 4) is 0 Å². The van der Waals surface area contributed by atoms with E-state index in [0.29, 0.717) is 31.4 Å². The number of nitrogens with zero attached hydrogens (tertiary/aromatic N) is 1. The first-order valence-electron chi connectivity index (χ1n) is 9.69. The SMILES string of the molecule is C=C1CCC(=O)N1OC(=O)CCCCCB1OC(C)(C)C(C)(C)O1.CC. The topological polar surface area (TPSA) is 65.1 Å². The Morgan fingerprint density at radius 1 is 1.12 bits per heavy atom. The molecule has 0 N–H and O–H groups in total. The van der Waals surface area contributed by atoms with Crippen molar-refractivity contribution in [1.29, 1.82) is 0 Å². The molecule has 2 saturated heterocycles. The number of unbranched alkanes of at least 4 members (excludes halogenated alkanes) is 2. The van der Waals surface area contributed by atoms with Gasteiger partial charge in [0.05, 0.1) is 16.9 Å². The number of rotatable bonds is 7. The highest BCUT2D eigenvalue weighted by molar-refractivity contribution is 6.45. The minimum absolute atomic E-state index is 0.188. The van der Waals surface area contributed by atoms with E-state index in [1.165, 1.54) is 0 Å². The van der Waals surface area contributed by atoms with Crippen molar-refractivity contribution >= 4 is 19.0 Å². The lowest BCUT2D eigenvalue weighted by Crippen LogP contribution is -2.41. The number of carbonyl (C=O) groups is 2. The van der Waals surface area contributed by atoms with Gasteiger partial charge in [0.1, 0.15) is 0 Å². The molecule has 7 heteroatoms. The fourth-order valence-electron chi connectivity index (χ4n) is 2.73. The van der Waals surface area contributed by atoms with Crippen LogP contribution >= 0.6 is 0 Å².